The smallest absolute Gasteiger partial charge is 0.322 e. The van der Waals surface area contributed by atoms with E-state index in [9.17, 15) is 13.6 Å². The molecular weight excluding hydrogens is 432 g/mol. The van der Waals surface area contributed by atoms with Crippen molar-refractivity contribution in [2.24, 2.45) is 0 Å². The molecule has 1 aliphatic heterocycles. The van der Waals surface area contributed by atoms with Crippen LogP contribution in [0.5, 0.6) is 5.75 Å². The van der Waals surface area contributed by atoms with Crippen molar-refractivity contribution in [1.29, 1.82) is 0 Å². The summed E-state index contributed by atoms with van der Waals surface area (Å²) >= 11 is 3.18. The second-order valence-electron chi connectivity index (χ2n) is 6.99. The number of benzene rings is 2. The molecule has 1 unspecified atom stereocenters. The Kier molecular flexibility index (Phi) is 6.20. The molecule has 0 fully saturated rings. The molecule has 28 heavy (non-hydrogen) atoms. The lowest BCUT2D eigenvalue weighted by Crippen LogP contribution is -2.43. The molecule has 1 atom stereocenters. The number of carbonyl (C=O) groups is 1. The van der Waals surface area contributed by atoms with Crippen molar-refractivity contribution in [2.75, 3.05) is 39.2 Å². The topological polar surface area (TPSA) is 44.8 Å². The molecule has 8 heteroatoms. The number of urea groups is 1. The number of amides is 2. The molecular formula is C20H22BrF2N3O2. The van der Waals surface area contributed by atoms with Gasteiger partial charge in [0, 0.05) is 19.2 Å². The van der Waals surface area contributed by atoms with E-state index in [1.54, 1.807) is 12.1 Å². The van der Waals surface area contributed by atoms with Gasteiger partial charge in [-0.2, -0.15) is 0 Å². The van der Waals surface area contributed by atoms with Crippen molar-refractivity contribution >= 4 is 27.6 Å². The molecule has 150 valence electrons. The molecule has 1 N–H and O–H groups in total. The van der Waals surface area contributed by atoms with Crippen molar-refractivity contribution in [1.82, 2.24) is 10.2 Å². The number of nitrogens with zero attached hydrogens (tertiary/aromatic N) is 2. The molecule has 2 amide bonds. The molecule has 2 aromatic rings. The third-order valence-corrected chi connectivity index (χ3v) is 5.25. The summed E-state index contributed by atoms with van der Waals surface area (Å²) in [4.78, 5) is 16.4. The molecule has 0 saturated heterocycles. The summed E-state index contributed by atoms with van der Waals surface area (Å²) in [6.45, 7) is 0.923. The van der Waals surface area contributed by atoms with Crippen molar-refractivity contribution in [3.05, 3.63) is 57.6 Å². The number of hydrogen-bond donors (Lipinski definition) is 1. The number of likely N-dealkylation sites (N-methyl/N-ethyl adjacent to an activating group) is 1. The monoisotopic (exact) mass is 453 g/mol. The lowest BCUT2D eigenvalue weighted by atomic mass is 10.1. The first-order chi connectivity index (χ1) is 13.3. The first kappa shape index (κ1) is 20.5. The minimum absolute atomic E-state index is 0.351. The fourth-order valence-electron chi connectivity index (χ4n) is 3.32. The highest BCUT2D eigenvalue weighted by Gasteiger charge is 2.28. The van der Waals surface area contributed by atoms with Crippen LogP contribution in [0.25, 0.3) is 0 Å². The lowest BCUT2D eigenvalue weighted by molar-refractivity contribution is 0.238. The van der Waals surface area contributed by atoms with Gasteiger partial charge in [0.1, 0.15) is 17.4 Å². The van der Waals surface area contributed by atoms with Crippen LogP contribution in [0.2, 0.25) is 0 Å². The van der Waals surface area contributed by atoms with Gasteiger partial charge in [-0.3, -0.25) is 4.90 Å². The van der Waals surface area contributed by atoms with Crippen LogP contribution in [0.15, 0.2) is 34.8 Å². The number of ether oxygens (including phenoxy) is 1. The van der Waals surface area contributed by atoms with Gasteiger partial charge in [0.05, 0.1) is 23.3 Å². The molecule has 0 saturated carbocycles. The molecule has 0 aliphatic carbocycles. The van der Waals surface area contributed by atoms with E-state index >= 15 is 0 Å². The van der Waals surface area contributed by atoms with Crippen LogP contribution in [0.4, 0.5) is 19.3 Å². The van der Waals surface area contributed by atoms with Crippen molar-refractivity contribution in [2.45, 2.75) is 12.5 Å². The summed E-state index contributed by atoms with van der Waals surface area (Å²) in [5.41, 5.74) is 2.05. The fraction of sp³-hybridized carbons (Fsp3) is 0.350. The molecule has 5 nitrogen and oxygen atoms in total. The Labute approximate surface area is 171 Å². The van der Waals surface area contributed by atoms with Crippen LogP contribution in [0.1, 0.15) is 17.2 Å². The predicted molar refractivity (Wildman–Crippen MR) is 108 cm³/mol. The Morgan fingerprint density at radius 1 is 1.29 bits per heavy atom. The van der Waals surface area contributed by atoms with E-state index < -0.39 is 17.7 Å². The fourth-order valence-corrected chi connectivity index (χ4v) is 3.71. The number of carbonyl (C=O) groups excluding carboxylic acids is 1. The average molecular weight is 454 g/mol. The largest absolute Gasteiger partial charge is 0.497 e. The molecule has 0 spiro atoms. The normalized spacial score (nSPS) is 14.2. The van der Waals surface area contributed by atoms with E-state index in [0.29, 0.717) is 41.0 Å². The van der Waals surface area contributed by atoms with Crippen LogP contribution in [-0.4, -0.2) is 45.2 Å². The van der Waals surface area contributed by atoms with Crippen LogP contribution in [0.3, 0.4) is 0 Å². The highest BCUT2D eigenvalue weighted by atomic mass is 79.9. The van der Waals surface area contributed by atoms with E-state index in [1.807, 2.05) is 19.0 Å². The SMILES string of the molecule is COc1cc(F)cc(C(CN(C)C)NC(=O)N2CCc3cc(Br)c(F)cc32)c1. The maximum absolute atomic E-state index is 14.0. The van der Waals surface area contributed by atoms with Crippen LogP contribution in [0, 0.1) is 11.6 Å². The summed E-state index contributed by atoms with van der Waals surface area (Å²) < 4.78 is 33.5. The highest BCUT2D eigenvalue weighted by molar-refractivity contribution is 9.10. The number of hydrogen-bond acceptors (Lipinski definition) is 3. The molecule has 0 aromatic heterocycles. The van der Waals surface area contributed by atoms with Gasteiger partial charge >= 0.3 is 6.03 Å². The van der Waals surface area contributed by atoms with E-state index in [2.05, 4.69) is 21.2 Å². The molecule has 1 heterocycles. The third-order valence-electron chi connectivity index (χ3n) is 4.64. The number of halogens is 3. The van der Waals surface area contributed by atoms with E-state index in [4.69, 9.17) is 4.74 Å². The summed E-state index contributed by atoms with van der Waals surface area (Å²) in [6.07, 6.45) is 0.647. The van der Waals surface area contributed by atoms with Crippen molar-refractivity contribution in [3.8, 4) is 5.75 Å². The Hall–Kier alpha value is -2.19. The second kappa shape index (κ2) is 8.45. The van der Waals surface area contributed by atoms with E-state index in [0.717, 1.165) is 5.56 Å². The molecule has 0 bridgehead atoms. The van der Waals surface area contributed by atoms with Crippen molar-refractivity contribution < 1.29 is 18.3 Å². The zero-order chi connectivity index (χ0) is 20.4. The zero-order valence-corrected chi connectivity index (χ0v) is 17.5. The van der Waals surface area contributed by atoms with Crippen LogP contribution < -0.4 is 15.0 Å². The van der Waals surface area contributed by atoms with Crippen LogP contribution >= 0.6 is 15.9 Å². The van der Waals surface area contributed by atoms with Gasteiger partial charge in [0.15, 0.2) is 0 Å². The Morgan fingerprint density at radius 2 is 2.04 bits per heavy atom. The maximum Gasteiger partial charge on any atom is 0.322 e. The maximum atomic E-state index is 14.0. The Morgan fingerprint density at radius 3 is 2.71 bits per heavy atom. The first-order valence-electron chi connectivity index (χ1n) is 8.83. The lowest BCUT2D eigenvalue weighted by Gasteiger charge is -2.26. The minimum Gasteiger partial charge on any atom is -0.497 e. The standard InChI is InChI=1S/C20H22BrF2N3O2/c1-25(2)11-18(13-6-14(22)9-15(7-13)28-3)24-20(27)26-5-4-12-8-16(21)17(23)10-19(12)26/h6-10,18H,4-5,11H2,1-3H3,(H,24,27). The van der Waals surface area contributed by atoms with E-state index in [-0.39, 0.29) is 6.03 Å². The van der Waals surface area contributed by atoms with Gasteiger partial charge in [-0.15, -0.1) is 0 Å². The van der Waals surface area contributed by atoms with Crippen LogP contribution in [-0.2, 0) is 6.42 Å². The van der Waals surface area contributed by atoms with Gasteiger partial charge in [-0.1, -0.05) is 0 Å². The number of methoxy groups -OCH3 is 1. The number of fused-ring (bicyclic) bond motifs is 1. The quantitative estimate of drug-likeness (QED) is 0.740. The van der Waals surface area contributed by atoms with Gasteiger partial charge < -0.3 is 15.0 Å². The summed E-state index contributed by atoms with van der Waals surface area (Å²) in [7, 11) is 5.20. The molecule has 2 aromatic carbocycles. The van der Waals surface area contributed by atoms with E-state index in [1.165, 1.54) is 30.2 Å². The Bertz CT molecular complexity index is 892. The average Bonchev–Trinajstić information content (AvgIpc) is 3.03. The number of rotatable bonds is 5. The van der Waals surface area contributed by atoms with Gasteiger partial charge in [-0.05, 0) is 71.8 Å². The van der Waals surface area contributed by atoms with Crippen molar-refractivity contribution in [3.63, 3.8) is 0 Å². The highest BCUT2D eigenvalue weighted by Crippen LogP contribution is 2.33. The predicted octanol–water partition coefficient (Wildman–Crippen LogP) is 4.11. The second-order valence-corrected chi connectivity index (χ2v) is 7.84. The third kappa shape index (κ3) is 4.44. The summed E-state index contributed by atoms with van der Waals surface area (Å²) in [5.74, 6) is -0.476. The minimum atomic E-state index is -0.462. The number of anilines is 1. The van der Waals surface area contributed by atoms with Gasteiger partial charge in [0.2, 0.25) is 0 Å². The van der Waals surface area contributed by atoms with Gasteiger partial charge in [-0.25, -0.2) is 13.6 Å². The number of nitrogens with one attached hydrogen (secondary N) is 1. The summed E-state index contributed by atoms with van der Waals surface area (Å²) in [6, 6.07) is 6.62. The summed E-state index contributed by atoms with van der Waals surface area (Å²) in [5, 5.41) is 2.95. The molecule has 0 radical (unpaired) electrons. The molecule has 1 aliphatic rings. The zero-order valence-electron chi connectivity index (χ0n) is 15.9. The molecule has 3 rings (SSSR count). The Balaban J connectivity index is 1.86. The first-order valence-corrected chi connectivity index (χ1v) is 9.63. The van der Waals surface area contributed by atoms with Gasteiger partial charge in [0.25, 0.3) is 0 Å².